The van der Waals surface area contributed by atoms with Gasteiger partial charge in [-0.3, -0.25) is 4.79 Å². The smallest absolute Gasteiger partial charge is 0.318 e. The number of rotatable bonds is 10. The van der Waals surface area contributed by atoms with Gasteiger partial charge in [0, 0.05) is 13.1 Å². The van der Waals surface area contributed by atoms with Crippen molar-refractivity contribution in [2.45, 2.75) is 78.7 Å². The second-order valence-electron chi connectivity index (χ2n) is 5.47. The minimum Gasteiger partial charge on any atom is -0.326 e. The van der Waals surface area contributed by atoms with Gasteiger partial charge >= 0.3 is 6.03 Å². The lowest BCUT2D eigenvalue weighted by atomic mass is 9.89. The molecule has 0 aliphatic carbocycles. The van der Waals surface area contributed by atoms with Crippen LogP contribution in [-0.2, 0) is 4.79 Å². The van der Waals surface area contributed by atoms with Crippen molar-refractivity contribution in [3.8, 4) is 0 Å². The van der Waals surface area contributed by atoms with Crippen LogP contribution in [0.3, 0.4) is 0 Å². The highest BCUT2D eigenvalue weighted by Gasteiger charge is 2.34. The van der Waals surface area contributed by atoms with Crippen LogP contribution in [0.4, 0.5) is 4.79 Å². The Kier molecular flexibility index (Phi) is 9.26. The molecule has 0 bridgehead atoms. The first-order valence-electron chi connectivity index (χ1n) is 8.05. The van der Waals surface area contributed by atoms with Crippen molar-refractivity contribution in [3.05, 3.63) is 0 Å². The van der Waals surface area contributed by atoms with Crippen molar-refractivity contribution in [1.82, 2.24) is 10.2 Å². The molecule has 0 heterocycles. The Hall–Kier alpha value is -1.06. The Balaban J connectivity index is 4.81. The molecule has 20 heavy (non-hydrogen) atoms. The number of hydrogen-bond donors (Lipinski definition) is 1. The Morgan fingerprint density at radius 3 is 1.70 bits per heavy atom. The molecular formula is C16H32N2O2. The number of ketones is 1. The summed E-state index contributed by atoms with van der Waals surface area (Å²) in [5.41, 5.74) is -0.701. The molecule has 0 spiro atoms. The van der Waals surface area contributed by atoms with Gasteiger partial charge in [0.25, 0.3) is 0 Å². The Bertz CT molecular complexity index is 291. The molecule has 4 heteroatoms. The van der Waals surface area contributed by atoms with Crippen LogP contribution in [0.1, 0.15) is 73.1 Å². The summed E-state index contributed by atoms with van der Waals surface area (Å²) in [5, 5.41) is 2.98. The zero-order valence-corrected chi connectivity index (χ0v) is 13.9. The fourth-order valence-corrected chi connectivity index (χ4v) is 2.31. The maximum Gasteiger partial charge on any atom is 0.318 e. The lowest BCUT2D eigenvalue weighted by Crippen LogP contribution is -2.56. The van der Waals surface area contributed by atoms with E-state index in [9.17, 15) is 9.59 Å². The Morgan fingerprint density at radius 1 is 0.950 bits per heavy atom. The number of nitrogens with zero attached hydrogens (tertiary/aromatic N) is 1. The molecule has 0 radical (unpaired) electrons. The van der Waals surface area contributed by atoms with Crippen LogP contribution in [0.15, 0.2) is 0 Å². The third-order valence-corrected chi connectivity index (χ3v) is 4.08. The monoisotopic (exact) mass is 284 g/mol. The molecule has 1 N–H and O–H groups in total. The molecule has 0 aromatic heterocycles. The molecule has 2 amide bonds. The predicted octanol–water partition coefficient (Wildman–Crippen LogP) is 3.75. The van der Waals surface area contributed by atoms with Gasteiger partial charge in [-0.1, -0.05) is 40.5 Å². The van der Waals surface area contributed by atoms with Gasteiger partial charge in [0.1, 0.15) is 0 Å². The topological polar surface area (TPSA) is 49.4 Å². The summed E-state index contributed by atoms with van der Waals surface area (Å²) in [5.74, 6) is 0.0433. The minimum absolute atomic E-state index is 0.0433. The lowest BCUT2D eigenvalue weighted by Gasteiger charge is -2.33. The summed E-state index contributed by atoms with van der Waals surface area (Å²) in [7, 11) is 0. The molecule has 0 aromatic rings. The van der Waals surface area contributed by atoms with E-state index in [0.29, 0.717) is 12.8 Å². The zero-order valence-electron chi connectivity index (χ0n) is 13.9. The van der Waals surface area contributed by atoms with Gasteiger partial charge in [-0.05, 0) is 32.6 Å². The first-order chi connectivity index (χ1) is 9.47. The van der Waals surface area contributed by atoms with Crippen LogP contribution in [0.2, 0.25) is 0 Å². The van der Waals surface area contributed by atoms with E-state index in [1.165, 1.54) is 0 Å². The Morgan fingerprint density at radius 2 is 1.40 bits per heavy atom. The van der Waals surface area contributed by atoms with E-state index >= 15 is 0 Å². The van der Waals surface area contributed by atoms with Gasteiger partial charge in [-0.15, -0.1) is 0 Å². The quantitative estimate of drug-likeness (QED) is 0.664. The summed E-state index contributed by atoms with van der Waals surface area (Å²) in [4.78, 5) is 26.2. The summed E-state index contributed by atoms with van der Waals surface area (Å²) < 4.78 is 0. The van der Waals surface area contributed by atoms with E-state index in [0.717, 1.165) is 38.8 Å². The first-order valence-corrected chi connectivity index (χ1v) is 8.05. The number of amides is 2. The molecule has 0 atom stereocenters. The second kappa shape index (κ2) is 9.78. The van der Waals surface area contributed by atoms with Crippen molar-refractivity contribution >= 4 is 11.8 Å². The van der Waals surface area contributed by atoms with Gasteiger partial charge in [0.2, 0.25) is 0 Å². The molecule has 4 nitrogen and oxygen atoms in total. The maximum atomic E-state index is 12.5. The van der Waals surface area contributed by atoms with Gasteiger partial charge in [0.05, 0.1) is 5.54 Å². The van der Waals surface area contributed by atoms with E-state index in [1.807, 2.05) is 18.7 Å². The third kappa shape index (κ3) is 5.51. The van der Waals surface area contributed by atoms with E-state index in [-0.39, 0.29) is 11.8 Å². The fraction of sp³-hybridized carbons (Fsp3) is 0.875. The standard InChI is InChI=1S/C16H32N2O2/c1-6-10-12-18(13-11-7-2)15(20)17-16(8-3,9-4)14(5)19/h6-13H2,1-5H3,(H,17,20). The van der Waals surface area contributed by atoms with Crippen molar-refractivity contribution in [2.24, 2.45) is 0 Å². The molecule has 0 aliphatic heterocycles. The normalized spacial score (nSPS) is 11.2. The van der Waals surface area contributed by atoms with E-state index in [4.69, 9.17) is 0 Å². The van der Waals surface area contributed by atoms with E-state index < -0.39 is 5.54 Å². The molecule has 0 fully saturated rings. The molecular weight excluding hydrogens is 252 g/mol. The number of carbonyl (C=O) groups is 2. The summed E-state index contributed by atoms with van der Waals surface area (Å²) in [6.07, 6.45) is 5.41. The third-order valence-electron chi connectivity index (χ3n) is 4.08. The van der Waals surface area contributed by atoms with Gasteiger partial charge in [-0.25, -0.2) is 4.79 Å². The molecule has 0 saturated carbocycles. The fourth-order valence-electron chi connectivity index (χ4n) is 2.31. The average Bonchev–Trinajstić information content (AvgIpc) is 2.44. The summed E-state index contributed by atoms with van der Waals surface area (Å²) in [6.45, 7) is 11.2. The predicted molar refractivity (Wildman–Crippen MR) is 83.9 cm³/mol. The molecule has 0 unspecified atom stereocenters. The number of unbranched alkanes of at least 4 members (excludes halogenated alkanes) is 2. The van der Waals surface area contributed by atoms with Crippen LogP contribution in [0.25, 0.3) is 0 Å². The molecule has 0 aromatic carbocycles. The first kappa shape index (κ1) is 18.9. The molecule has 0 rings (SSSR count). The minimum atomic E-state index is -0.701. The zero-order chi connectivity index (χ0) is 15.6. The van der Waals surface area contributed by atoms with Crippen molar-refractivity contribution in [1.29, 1.82) is 0 Å². The van der Waals surface area contributed by atoms with Crippen molar-refractivity contribution in [2.75, 3.05) is 13.1 Å². The largest absolute Gasteiger partial charge is 0.326 e. The van der Waals surface area contributed by atoms with Gasteiger partial charge < -0.3 is 10.2 Å². The van der Waals surface area contributed by atoms with Crippen LogP contribution in [0, 0.1) is 0 Å². The molecule has 0 aliphatic rings. The molecule has 118 valence electrons. The summed E-state index contributed by atoms with van der Waals surface area (Å²) in [6, 6.07) is -0.0919. The number of nitrogens with one attached hydrogen (secondary N) is 1. The van der Waals surface area contributed by atoms with Crippen LogP contribution >= 0.6 is 0 Å². The van der Waals surface area contributed by atoms with Crippen molar-refractivity contribution < 1.29 is 9.59 Å². The van der Waals surface area contributed by atoms with E-state index in [2.05, 4.69) is 19.2 Å². The number of Topliss-reactive ketones (excluding diaryl/α,β-unsaturated/α-hetero) is 1. The maximum absolute atomic E-state index is 12.5. The van der Waals surface area contributed by atoms with Crippen molar-refractivity contribution in [3.63, 3.8) is 0 Å². The van der Waals surface area contributed by atoms with Crippen LogP contribution in [-0.4, -0.2) is 35.3 Å². The van der Waals surface area contributed by atoms with E-state index in [1.54, 1.807) is 6.92 Å². The number of carbonyl (C=O) groups excluding carboxylic acids is 2. The highest BCUT2D eigenvalue weighted by Crippen LogP contribution is 2.17. The second-order valence-corrected chi connectivity index (χ2v) is 5.47. The number of urea groups is 1. The molecule has 0 saturated heterocycles. The lowest BCUT2D eigenvalue weighted by molar-refractivity contribution is -0.123. The number of hydrogen-bond acceptors (Lipinski definition) is 2. The SMILES string of the molecule is CCCCN(CCCC)C(=O)NC(CC)(CC)C(C)=O. The van der Waals surface area contributed by atoms with Gasteiger partial charge in [-0.2, -0.15) is 0 Å². The van der Waals surface area contributed by atoms with Gasteiger partial charge in [0.15, 0.2) is 5.78 Å². The van der Waals surface area contributed by atoms with Crippen LogP contribution in [0.5, 0.6) is 0 Å². The highest BCUT2D eigenvalue weighted by atomic mass is 16.2. The van der Waals surface area contributed by atoms with Crippen LogP contribution < -0.4 is 5.32 Å². The Labute approximate surface area is 124 Å². The highest BCUT2D eigenvalue weighted by molar-refractivity contribution is 5.90. The summed E-state index contributed by atoms with van der Waals surface area (Å²) >= 11 is 0. The average molecular weight is 284 g/mol.